The second-order valence-electron chi connectivity index (χ2n) is 6.99. The third-order valence-electron chi connectivity index (χ3n) is 5.18. The number of hydrogen-bond acceptors (Lipinski definition) is 5. The van der Waals surface area contributed by atoms with Gasteiger partial charge in [0.25, 0.3) is 5.91 Å². The number of aliphatic imine (C=N–C) groups is 2. The quantitative estimate of drug-likeness (QED) is 0.739. The Bertz CT molecular complexity index is 869. The molecule has 1 atom stereocenters. The molecule has 3 heterocycles. The summed E-state index contributed by atoms with van der Waals surface area (Å²) in [5.41, 5.74) is -1.20. The molecule has 28 heavy (non-hydrogen) atoms. The van der Waals surface area contributed by atoms with E-state index in [0.29, 0.717) is 32.7 Å². The molecule has 0 aliphatic carbocycles. The van der Waals surface area contributed by atoms with Crippen LogP contribution in [0.3, 0.4) is 0 Å². The van der Waals surface area contributed by atoms with Gasteiger partial charge >= 0.3 is 6.18 Å². The van der Waals surface area contributed by atoms with Crippen LogP contribution in [-0.2, 0) is 6.18 Å². The number of fused-ring (bicyclic) bond motifs is 1. The van der Waals surface area contributed by atoms with Crippen LogP contribution in [0.25, 0.3) is 0 Å². The highest BCUT2D eigenvalue weighted by Gasteiger charge is 2.37. The summed E-state index contributed by atoms with van der Waals surface area (Å²) >= 11 is 0. The summed E-state index contributed by atoms with van der Waals surface area (Å²) in [6.45, 7) is 4.43. The van der Waals surface area contributed by atoms with Gasteiger partial charge in [0, 0.05) is 38.6 Å². The van der Waals surface area contributed by atoms with Crippen LogP contribution in [0, 0.1) is 0 Å². The van der Waals surface area contributed by atoms with E-state index in [4.69, 9.17) is 0 Å². The standard InChI is InChI=1S/C19H20F3N5O/c1-13-12-24-17-16(23-6-7-27(13)17)25-8-10-26(11-9-25)18(28)14-4-2-3-5-15(14)19(20,21)22/h2-7,13H,8-12H2,1H3/t13-/m1/s1. The predicted octanol–water partition coefficient (Wildman–Crippen LogP) is 2.45. The Morgan fingerprint density at radius 2 is 1.82 bits per heavy atom. The van der Waals surface area contributed by atoms with Gasteiger partial charge in [0.05, 0.1) is 23.7 Å². The van der Waals surface area contributed by atoms with Gasteiger partial charge in [0.15, 0.2) is 11.7 Å². The van der Waals surface area contributed by atoms with E-state index in [-0.39, 0.29) is 11.6 Å². The van der Waals surface area contributed by atoms with Crippen molar-refractivity contribution in [2.45, 2.75) is 19.1 Å². The van der Waals surface area contributed by atoms with Gasteiger partial charge in [0.1, 0.15) is 0 Å². The second kappa shape index (κ2) is 6.96. The number of alkyl halides is 3. The minimum Gasteiger partial charge on any atom is -0.350 e. The van der Waals surface area contributed by atoms with Crippen molar-refractivity contribution >= 4 is 17.6 Å². The van der Waals surface area contributed by atoms with Gasteiger partial charge in [-0.3, -0.25) is 9.79 Å². The highest BCUT2D eigenvalue weighted by atomic mass is 19.4. The molecule has 3 aliphatic rings. The summed E-state index contributed by atoms with van der Waals surface area (Å²) in [4.78, 5) is 27.3. The highest BCUT2D eigenvalue weighted by Crippen LogP contribution is 2.32. The summed E-state index contributed by atoms with van der Waals surface area (Å²) < 4.78 is 39.7. The third kappa shape index (κ3) is 3.25. The van der Waals surface area contributed by atoms with Crippen LogP contribution in [0.4, 0.5) is 13.2 Å². The summed E-state index contributed by atoms with van der Waals surface area (Å²) in [5.74, 6) is 0.985. The van der Waals surface area contributed by atoms with Gasteiger partial charge in [-0.25, -0.2) is 4.99 Å². The molecular formula is C19H20F3N5O. The first-order valence-corrected chi connectivity index (χ1v) is 9.14. The van der Waals surface area contributed by atoms with Gasteiger partial charge < -0.3 is 14.7 Å². The maximum absolute atomic E-state index is 13.2. The van der Waals surface area contributed by atoms with E-state index in [1.54, 1.807) is 6.20 Å². The lowest BCUT2D eigenvalue weighted by atomic mass is 10.1. The van der Waals surface area contributed by atoms with E-state index >= 15 is 0 Å². The van der Waals surface area contributed by atoms with Crippen molar-refractivity contribution in [3.8, 4) is 0 Å². The molecule has 4 rings (SSSR count). The van der Waals surface area contributed by atoms with Gasteiger partial charge in [-0.15, -0.1) is 0 Å². The molecule has 1 fully saturated rings. The fraction of sp³-hybridized carbons (Fsp3) is 0.421. The summed E-state index contributed by atoms with van der Waals surface area (Å²) in [6.07, 6.45) is -0.931. The molecule has 1 aromatic rings. The first-order valence-electron chi connectivity index (χ1n) is 9.14. The average molecular weight is 391 g/mol. The number of halogens is 3. The Morgan fingerprint density at radius 3 is 2.54 bits per heavy atom. The Kier molecular flexibility index (Phi) is 4.60. The van der Waals surface area contributed by atoms with E-state index in [9.17, 15) is 18.0 Å². The van der Waals surface area contributed by atoms with E-state index in [1.165, 1.54) is 23.1 Å². The van der Waals surface area contributed by atoms with E-state index in [1.807, 2.05) is 11.1 Å². The molecule has 0 spiro atoms. The highest BCUT2D eigenvalue weighted by molar-refractivity contribution is 6.41. The minimum atomic E-state index is -4.56. The van der Waals surface area contributed by atoms with Crippen LogP contribution in [0.2, 0.25) is 0 Å². The number of carbonyl (C=O) groups excluding carboxylic acids is 1. The Labute approximate surface area is 160 Å². The summed E-state index contributed by atoms with van der Waals surface area (Å²) in [7, 11) is 0. The number of amides is 1. The number of hydrogen-bond donors (Lipinski definition) is 0. The van der Waals surface area contributed by atoms with Crippen molar-refractivity contribution in [3.63, 3.8) is 0 Å². The molecule has 0 saturated carbocycles. The molecule has 1 aromatic carbocycles. The molecule has 1 saturated heterocycles. The fourth-order valence-electron chi connectivity index (χ4n) is 3.67. The van der Waals surface area contributed by atoms with Crippen LogP contribution in [0.1, 0.15) is 22.8 Å². The predicted molar refractivity (Wildman–Crippen MR) is 99.1 cm³/mol. The molecule has 0 unspecified atom stereocenters. The molecular weight excluding hydrogens is 371 g/mol. The molecule has 6 nitrogen and oxygen atoms in total. The zero-order chi connectivity index (χ0) is 19.9. The monoisotopic (exact) mass is 391 g/mol. The van der Waals surface area contributed by atoms with Crippen molar-refractivity contribution in [2.75, 3.05) is 32.7 Å². The third-order valence-corrected chi connectivity index (χ3v) is 5.18. The van der Waals surface area contributed by atoms with Crippen molar-refractivity contribution < 1.29 is 18.0 Å². The van der Waals surface area contributed by atoms with E-state index < -0.39 is 17.6 Å². The van der Waals surface area contributed by atoms with Gasteiger partial charge in [-0.2, -0.15) is 13.2 Å². The van der Waals surface area contributed by atoms with Crippen LogP contribution >= 0.6 is 0 Å². The van der Waals surface area contributed by atoms with Gasteiger partial charge in [-0.05, 0) is 19.1 Å². The lowest BCUT2D eigenvalue weighted by Gasteiger charge is -2.38. The Hall–Kier alpha value is -2.84. The van der Waals surface area contributed by atoms with Crippen molar-refractivity contribution in [1.29, 1.82) is 0 Å². The maximum atomic E-state index is 13.2. The van der Waals surface area contributed by atoms with Crippen molar-refractivity contribution in [2.24, 2.45) is 9.98 Å². The second-order valence-corrected chi connectivity index (χ2v) is 6.99. The normalized spacial score (nSPS) is 22.1. The minimum absolute atomic E-state index is 0.276. The largest absolute Gasteiger partial charge is 0.417 e. The van der Waals surface area contributed by atoms with E-state index in [0.717, 1.165) is 17.7 Å². The number of benzene rings is 1. The zero-order valence-corrected chi connectivity index (χ0v) is 15.4. The number of amidine groups is 2. The Balaban J connectivity index is 1.46. The number of nitrogens with zero attached hydrogens (tertiary/aromatic N) is 5. The van der Waals surface area contributed by atoms with Crippen LogP contribution in [0.5, 0.6) is 0 Å². The van der Waals surface area contributed by atoms with Gasteiger partial charge in [-0.1, -0.05) is 12.1 Å². The van der Waals surface area contributed by atoms with E-state index in [2.05, 4.69) is 21.8 Å². The lowest BCUT2D eigenvalue weighted by molar-refractivity contribution is -0.138. The first kappa shape index (κ1) is 18.5. The van der Waals surface area contributed by atoms with Crippen LogP contribution in [-0.4, -0.2) is 71.0 Å². The van der Waals surface area contributed by atoms with Crippen molar-refractivity contribution in [3.05, 3.63) is 47.8 Å². The fourth-order valence-corrected chi connectivity index (χ4v) is 3.67. The molecule has 0 radical (unpaired) electrons. The maximum Gasteiger partial charge on any atom is 0.417 e. The number of rotatable bonds is 1. The average Bonchev–Trinajstić information content (AvgIpc) is 3.08. The molecule has 0 aromatic heterocycles. The number of piperazine rings is 1. The van der Waals surface area contributed by atoms with Crippen LogP contribution < -0.4 is 0 Å². The van der Waals surface area contributed by atoms with Crippen molar-refractivity contribution in [1.82, 2.24) is 14.7 Å². The first-order chi connectivity index (χ1) is 13.4. The molecule has 148 valence electrons. The topological polar surface area (TPSA) is 51.5 Å². The zero-order valence-electron chi connectivity index (χ0n) is 15.4. The number of carbonyl (C=O) groups is 1. The lowest BCUT2D eigenvalue weighted by Crippen LogP contribution is -2.54. The SMILES string of the molecule is C[C@@H]1CN=C2C(N3CCN(C(=O)c4ccccc4C(F)(F)F)CC3)=NC=CN21. The summed E-state index contributed by atoms with van der Waals surface area (Å²) in [5, 5.41) is 0. The molecule has 0 N–H and O–H groups in total. The molecule has 1 amide bonds. The van der Waals surface area contributed by atoms with Crippen LogP contribution in [0.15, 0.2) is 46.7 Å². The molecule has 9 heteroatoms. The van der Waals surface area contributed by atoms with Gasteiger partial charge in [0.2, 0.25) is 0 Å². The molecule has 3 aliphatic heterocycles. The summed E-state index contributed by atoms with van der Waals surface area (Å²) in [6, 6.07) is 5.20. The smallest absolute Gasteiger partial charge is 0.350 e. The molecule has 0 bridgehead atoms. The Morgan fingerprint density at radius 1 is 1.11 bits per heavy atom.